The van der Waals surface area contributed by atoms with Crippen LogP contribution in [0.1, 0.15) is 63.5 Å². The predicted octanol–water partition coefficient (Wildman–Crippen LogP) is 2.98. The first-order valence-corrected chi connectivity index (χ1v) is 9.35. The van der Waals surface area contributed by atoms with Gasteiger partial charge in [0.25, 0.3) is 5.91 Å². The summed E-state index contributed by atoms with van der Waals surface area (Å²) in [7, 11) is 0. The lowest BCUT2D eigenvalue weighted by molar-refractivity contribution is -0.130. The van der Waals surface area contributed by atoms with Crippen LogP contribution in [0, 0.1) is 13.8 Å². The van der Waals surface area contributed by atoms with E-state index >= 15 is 0 Å². The molecule has 1 heterocycles. The topological polar surface area (TPSA) is 97.5 Å². The van der Waals surface area contributed by atoms with E-state index in [-0.39, 0.29) is 29.8 Å². The molecule has 7 nitrogen and oxygen atoms in total. The zero-order chi connectivity index (χ0) is 20.3. The zero-order valence-corrected chi connectivity index (χ0v) is 16.2. The van der Waals surface area contributed by atoms with Gasteiger partial charge in [-0.05, 0) is 39.2 Å². The Hall–Kier alpha value is -3.09. The molecule has 148 valence electrons. The molecule has 1 fully saturated rings. The second-order valence-corrected chi connectivity index (χ2v) is 6.82. The monoisotopic (exact) mass is 384 g/mol. The van der Waals surface area contributed by atoms with Gasteiger partial charge in [-0.1, -0.05) is 30.3 Å². The van der Waals surface area contributed by atoms with Crippen LogP contribution in [0.4, 0.5) is 0 Å². The first-order chi connectivity index (χ1) is 13.4. The summed E-state index contributed by atoms with van der Waals surface area (Å²) < 4.78 is 10.6. The zero-order valence-electron chi connectivity index (χ0n) is 16.2. The summed E-state index contributed by atoms with van der Waals surface area (Å²) in [4.78, 5) is 40.5. The van der Waals surface area contributed by atoms with E-state index in [0.717, 1.165) is 12.8 Å². The van der Waals surface area contributed by atoms with E-state index in [9.17, 15) is 14.4 Å². The van der Waals surface area contributed by atoms with Crippen molar-refractivity contribution in [3.8, 4) is 0 Å². The van der Waals surface area contributed by atoms with Gasteiger partial charge in [0.15, 0.2) is 0 Å². The smallest absolute Gasteiger partial charge is 0.355 e. The average molecular weight is 384 g/mol. The molecular weight excluding hydrogens is 360 g/mol. The molecule has 7 heteroatoms. The maximum Gasteiger partial charge on any atom is 0.355 e. The van der Waals surface area contributed by atoms with Crippen molar-refractivity contribution in [3.63, 3.8) is 0 Å². The number of rotatable bonds is 7. The lowest BCUT2D eigenvalue weighted by atomic mass is 10.1. The molecule has 3 rings (SSSR count). The van der Waals surface area contributed by atoms with Gasteiger partial charge in [0.05, 0.1) is 12.2 Å². The molecule has 2 aromatic rings. The van der Waals surface area contributed by atoms with Crippen molar-refractivity contribution in [1.29, 1.82) is 0 Å². The third-order valence-corrected chi connectivity index (χ3v) is 4.61. The van der Waals surface area contributed by atoms with E-state index in [0.29, 0.717) is 16.8 Å². The van der Waals surface area contributed by atoms with Crippen LogP contribution in [0.15, 0.2) is 30.3 Å². The summed E-state index contributed by atoms with van der Waals surface area (Å²) >= 11 is 0. The first kappa shape index (κ1) is 19.7. The molecule has 0 radical (unpaired) electrons. The van der Waals surface area contributed by atoms with Crippen LogP contribution >= 0.6 is 0 Å². The standard InChI is InChI=1S/C21H24N2O5/c1-4-27-21(26)17-12(2)16(13(3)22-17)20(25)28-18(14-8-6-5-7-9-14)19(24)23-15-10-11-15/h5-9,15,18,22H,4,10-11H2,1-3H3,(H,23,24)/t18-/m1/s1. The molecule has 0 bridgehead atoms. The van der Waals surface area contributed by atoms with Crippen LogP contribution in [0.25, 0.3) is 0 Å². The second kappa shape index (κ2) is 8.29. The van der Waals surface area contributed by atoms with Crippen molar-refractivity contribution in [2.45, 2.75) is 45.8 Å². The van der Waals surface area contributed by atoms with Gasteiger partial charge >= 0.3 is 11.9 Å². The van der Waals surface area contributed by atoms with Crippen LogP contribution in [0.2, 0.25) is 0 Å². The van der Waals surface area contributed by atoms with Gasteiger partial charge in [0.1, 0.15) is 5.69 Å². The van der Waals surface area contributed by atoms with Crippen LogP contribution < -0.4 is 5.32 Å². The Morgan fingerprint density at radius 2 is 1.82 bits per heavy atom. The fraction of sp³-hybridized carbons (Fsp3) is 0.381. The first-order valence-electron chi connectivity index (χ1n) is 9.35. The van der Waals surface area contributed by atoms with E-state index in [1.54, 1.807) is 45.0 Å². The van der Waals surface area contributed by atoms with Gasteiger partial charge in [-0.2, -0.15) is 0 Å². The van der Waals surface area contributed by atoms with Crippen LogP contribution in [0.3, 0.4) is 0 Å². The number of amides is 1. The average Bonchev–Trinajstić information content (AvgIpc) is 3.43. The number of aromatic nitrogens is 1. The van der Waals surface area contributed by atoms with E-state index in [1.165, 1.54) is 0 Å². The lowest BCUT2D eigenvalue weighted by Gasteiger charge is -2.18. The number of esters is 2. The quantitative estimate of drug-likeness (QED) is 0.715. The number of ether oxygens (including phenoxy) is 2. The van der Waals surface area contributed by atoms with Crippen molar-refractivity contribution >= 4 is 17.8 Å². The Kier molecular flexibility index (Phi) is 5.82. The van der Waals surface area contributed by atoms with Gasteiger partial charge in [0, 0.05) is 17.3 Å². The Balaban J connectivity index is 1.86. The van der Waals surface area contributed by atoms with E-state index < -0.39 is 18.0 Å². The van der Waals surface area contributed by atoms with Crippen LogP contribution in [0.5, 0.6) is 0 Å². The molecular formula is C21H24N2O5. The minimum atomic E-state index is -1.06. The number of hydrogen-bond acceptors (Lipinski definition) is 5. The molecule has 1 saturated carbocycles. The Morgan fingerprint density at radius 3 is 2.43 bits per heavy atom. The maximum atomic E-state index is 12.9. The molecule has 1 aliphatic rings. The van der Waals surface area contributed by atoms with Gasteiger partial charge in [-0.25, -0.2) is 9.59 Å². The highest BCUT2D eigenvalue weighted by Crippen LogP contribution is 2.26. The summed E-state index contributed by atoms with van der Waals surface area (Å²) in [6.07, 6.45) is 0.800. The number of hydrogen-bond donors (Lipinski definition) is 2. The molecule has 1 aromatic carbocycles. The largest absolute Gasteiger partial charge is 0.461 e. The number of aromatic amines is 1. The van der Waals surface area contributed by atoms with Crippen molar-refractivity contribution in [2.24, 2.45) is 0 Å². The third kappa shape index (κ3) is 4.24. The summed E-state index contributed by atoms with van der Waals surface area (Å²) in [5.74, 6) is -1.55. The van der Waals surface area contributed by atoms with Crippen molar-refractivity contribution in [2.75, 3.05) is 6.61 Å². The van der Waals surface area contributed by atoms with Crippen molar-refractivity contribution < 1.29 is 23.9 Å². The van der Waals surface area contributed by atoms with Gasteiger partial charge in [-0.3, -0.25) is 4.79 Å². The van der Waals surface area contributed by atoms with E-state index in [1.807, 2.05) is 6.07 Å². The molecule has 0 aliphatic heterocycles. The molecule has 2 N–H and O–H groups in total. The maximum absolute atomic E-state index is 12.9. The highest BCUT2D eigenvalue weighted by Gasteiger charge is 2.32. The third-order valence-electron chi connectivity index (χ3n) is 4.61. The van der Waals surface area contributed by atoms with E-state index in [2.05, 4.69) is 10.3 Å². The van der Waals surface area contributed by atoms with Gasteiger partial charge in [-0.15, -0.1) is 0 Å². The second-order valence-electron chi connectivity index (χ2n) is 6.82. The number of nitrogens with one attached hydrogen (secondary N) is 2. The Labute approximate surface area is 163 Å². The molecule has 1 amide bonds. The minimum Gasteiger partial charge on any atom is -0.461 e. The lowest BCUT2D eigenvalue weighted by Crippen LogP contribution is -2.33. The molecule has 0 unspecified atom stereocenters. The number of H-pyrrole nitrogens is 1. The fourth-order valence-electron chi connectivity index (χ4n) is 3.03. The number of carbonyl (C=O) groups excluding carboxylic acids is 3. The number of aryl methyl sites for hydroxylation is 1. The fourth-order valence-corrected chi connectivity index (χ4v) is 3.03. The van der Waals surface area contributed by atoms with Gasteiger partial charge < -0.3 is 19.8 Å². The normalized spacial score (nSPS) is 14.2. The summed E-state index contributed by atoms with van der Waals surface area (Å²) in [5.41, 5.74) is 1.97. The highest BCUT2D eigenvalue weighted by atomic mass is 16.5. The molecule has 1 aliphatic carbocycles. The van der Waals surface area contributed by atoms with Crippen molar-refractivity contribution in [3.05, 3.63) is 58.4 Å². The molecule has 0 saturated heterocycles. The highest BCUT2D eigenvalue weighted by molar-refractivity contribution is 5.99. The molecule has 28 heavy (non-hydrogen) atoms. The minimum absolute atomic E-state index is 0.142. The molecule has 1 atom stereocenters. The van der Waals surface area contributed by atoms with E-state index in [4.69, 9.17) is 9.47 Å². The van der Waals surface area contributed by atoms with Crippen LogP contribution in [-0.2, 0) is 14.3 Å². The molecule has 0 spiro atoms. The Bertz CT molecular complexity index is 884. The van der Waals surface area contributed by atoms with Gasteiger partial charge in [0.2, 0.25) is 6.10 Å². The summed E-state index contributed by atoms with van der Waals surface area (Å²) in [5, 5.41) is 2.88. The SMILES string of the molecule is CCOC(=O)c1[nH]c(C)c(C(=O)O[C@@H](C(=O)NC2CC2)c2ccccc2)c1C. The summed E-state index contributed by atoms with van der Waals surface area (Å²) in [6.45, 7) is 5.26. The number of carbonyl (C=O) groups is 3. The Morgan fingerprint density at radius 1 is 1.14 bits per heavy atom. The molecule has 1 aromatic heterocycles. The summed E-state index contributed by atoms with van der Waals surface area (Å²) in [6, 6.07) is 9.02. The van der Waals surface area contributed by atoms with Crippen molar-refractivity contribution in [1.82, 2.24) is 10.3 Å². The van der Waals surface area contributed by atoms with Crippen LogP contribution in [-0.4, -0.2) is 35.5 Å². The number of benzene rings is 1. The predicted molar refractivity (Wildman–Crippen MR) is 102 cm³/mol.